The number of carboxylic acids is 1. The van der Waals surface area contributed by atoms with Gasteiger partial charge in [-0.25, -0.2) is 14.4 Å². The van der Waals surface area contributed by atoms with Crippen molar-refractivity contribution in [2.75, 3.05) is 14.1 Å². The quantitative estimate of drug-likeness (QED) is 0.288. The number of halogens is 2. The Kier molecular flexibility index (Phi) is 9.75. The maximum atomic E-state index is 12.1. The van der Waals surface area contributed by atoms with Gasteiger partial charge in [-0.3, -0.25) is 25.0 Å². The van der Waals surface area contributed by atoms with Crippen LogP contribution in [0, 0.1) is 0 Å². The number of amides is 6. The fourth-order valence-electron chi connectivity index (χ4n) is 7.48. The molecule has 3 aromatic carbocycles. The van der Waals surface area contributed by atoms with E-state index in [2.05, 4.69) is 54.6 Å². The number of aryl methyl sites for hydroxylation is 3. The highest BCUT2D eigenvalue weighted by atomic mass is 79.9. The number of aromatic carboxylic acids is 1. The molecule has 2 aliphatic heterocycles. The number of fused-ring (bicyclic) bond motifs is 3. The van der Waals surface area contributed by atoms with Crippen LogP contribution in [0.1, 0.15) is 63.0 Å². The molecule has 5 aliphatic rings. The second-order valence-corrected chi connectivity index (χ2v) is 15.2. The summed E-state index contributed by atoms with van der Waals surface area (Å²) in [6, 6.07) is 16.5. The lowest BCUT2D eigenvalue weighted by Gasteiger charge is -2.37. The van der Waals surface area contributed by atoms with E-state index >= 15 is 0 Å². The van der Waals surface area contributed by atoms with Crippen molar-refractivity contribution in [3.05, 3.63) is 102 Å². The van der Waals surface area contributed by atoms with E-state index in [0.29, 0.717) is 50.7 Å². The highest BCUT2D eigenvalue weighted by Crippen LogP contribution is 2.37. The molecule has 3 aliphatic carbocycles. The Balaban J connectivity index is 0.000000134. The van der Waals surface area contributed by atoms with Gasteiger partial charge < -0.3 is 14.9 Å². The van der Waals surface area contributed by atoms with Crippen molar-refractivity contribution in [1.82, 2.24) is 20.4 Å². The van der Waals surface area contributed by atoms with Crippen molar-refractivity contribution in [1.29, 1.82) is 0 Å². The minimum Gasteiger partial charge on any atom is -0.478 e. The average Bonchev–Trinajstić information content (AvgIpc) is 3.42. The van der Waals surface area contributed by atoms with Crippen LogP contribution in [0.15, 0.2) is 63.5 Å². The Bertz CT molecular complexity index is 1970. The molecule has 50 heavy (non-hydrogen) atoms. The lowest BCUT2D eigenvalue weighted by molar-refractivity contribution is -0.127. The van der Waals surface area contributed by atoms with Gasteiger partial charge in [0.05, 0.1) is 5.56 Å². The molecule has 11 nitrogen and oxygen atoms in total. The summed E-state index contributed by atoms with van der Waals surface area (Å²) in [6.07, 6.45) is 5.88. The molecular weight excluding hydrogens is 772 g/mol. The summed E-state index contributed by atoms with van der Waals surface area (Å²) in [5, 5.41) is 13.7. The van der Waals surface area contributed by atoms with Crippen LogP contribution in [0.5, 0.6) is 0 Å². The number of ketones is 1. The standard InChI is InChI=1S/C14H14N2O4.C13H13BrN2O2.C10H9BrO/c1-16-13(20)15-12(19)14(16)5-4-8-6-9(11(17)18)2-3-10(8)7-14;1-16-12(18)15-11(17)13(16)5-4-8-6-10(14)3-2-9(8)7-13;11-9-3-1-8-6-10(12)4-2-7(8)5-9/h2-3,6H,4-5,7H2,1H3,(H,17,18)(H,15,19,20);2-3,6H,4-5,7H2,1H3,(H,15,17,18);1,3,5H,2,4,6H2. The first-order chi connectivity index (χ1) is 23.7. The maximum absolute atomic E-state index is 12.1. The first-order valence-electron chi connectivity index (χ1n) is 16.3. The van der Waals surface area contributed by atoms with Crippen molar-refractivity contribution in [2.45, 2.75) is 68.9 Å². The number of likely N-dealkylation sites (N-methyl/N-ethyl adjacent to an activating group) is 2. The number of carboxylic acid groups (broad SMARTS) is 1. The number of nitrogens with zero attached hydrogens (tertiary/aromatic N) is 2. The third-order valence-electron chi connectivity index (χ3n) is 10.6. The van der Waals surface area contributed by atoms with E-state index in [1.54, 1.807) is 31.1 Å². The van der Waals surface area contributed by atoms with Gasteiger partial charge in [0.2, 0.25) is 0 Å². The summed E-state index contributed by atoms with van der Waals surface area (Å²) in [7, 11) is 3.32. The monoisotopic (exact) mass is 806 g/mol. The van der Waals surface area contributed by atoms with Crippen molar-refractivity contribution >= 4 is 67.5 Å². The molecule has 260 valence electrons. The molecule has 2 atom stereocenters. The van der Waals surface area contributed by atoms with Gasteiger partial charge in [-0.1, -0.05) is 50.1 Å². The van der Waals surface area contributed by atoms with Crippen LogP contribution in [-0.2, 0) is 52.9 Å². The number of nitrogens with one attached hydrogen (secondary N) is 2. The van der Waals surface area contributed by atoms with E-state index in [1.807, 2.05) is 24.3 Å². The molecular formula is C37H36Br2N4O7. The van der Waals surface area contributed by atoms with Gasteiger partial charge in [0.1, 0.15) is 16.9 Å². The van der Waals surface area contributed by atoms with E-state index < -0.39 is 17.0 Å². The van der Waals surface area contributed by atoms with Gasteiger partial charge in [-0.15, -0.1) is 0 Å². The summed E-state index contributed by atoms with van der Waals surface area (Å²) in [5.41, 5.74) is 5.55. The van der Waals surface area contributed by atoms with Crippen LogP contribution in [0.3, 0.4) is 0 Å². The number of hydrogen-bond donors (Lipinski definition) is 3. The lowest BCUT2D eigenvalue weighted by Crippen LogP contribution is -2.51. The zero-order valence-corrected chi connectivity index (χ0v) is 30.8. The largest absolute Gasteiger partial charge is 0.478 e. The number of benzene rings is 3. The topological polar surface area (TPSA) is 153 Å². The van der Waals surface area contributed by atoms with Crippen molar-refractivity contribution in [3.63, 3.8) is 0 Å². The first kappa shape index (κ1) is 35.5. The molecule has 2 unspecified atom stereocenters. The number of imide groups is 2. The van der Waals surface area contributed by atoms with Crippen LogP contribution < -0.4 is 10.6 Å². The normalized spacial score (nSPS) is 23.2. The molecule has 0 aromatic heterocycles. The maximum Gasteiger partial charge on any atom is 0.335 e. The summed E-state index contributed by atoms with van der Waals surface area (Å²) in [6.45, 7) is 0. The van der Waals surface area contributed by atoms with Crippen LogP contribution in [0.25, 0.3) is 0 Å². The van der Waals surface area contributed by atoms with Crippen LogP contribution in [0.2, 0.25) is 0 Å². The number of rotatable bonds is 1. The molecule has 0 bridgehead atoms. The summed E-state index contributed by atoms with van der Waals surface area (Å²) in [4.78, 5) is 72.5. The molecule has 13 heteroatoms. The fourth-order valence-corrected chi connectivity index (χ4v) is 8.29. The van der Waals surface area contributed by atoms with Crippen LogP contribution >= 0.6 is 31.9 Å². The third kappa shape index (κ3) is 6.60. The van der Waals surface area contributed by atoms with Crippen LogP contribution in [-0.4, -0.2) is 75.7 Å². The lowest BCUT2D eigenvalue weighted by atomic mass is 9.77. The zero-order chi connectivity index (χ0) is 36.0. The van der Waals surface area contributed by atoms with E-state index in [9.17, 15) is 28.8 Å². The predicted octanol–water partition coefficient (Wildman–Crippen LogP) is 5.16. The minimum atomic E-state index is -0.959. The molecule has 8 rings (SSSR count). The fraction of sp³-hybridized carbons (Fsp3) is 0.351. The number of carbonyl (C=O) groups is 6. The van der Waals surface area contributed by atoms with Gasteiger partial charge in [-0.05, 0) is 102 Å². The number of Topliss-reactive ketones (excluding diaryl/α,β-unsaturated/α-hetero) is 1. The Morgan fingerprint density at radius 2 is 1.10 bits per heavy atom. The van der Waals surface area contributed by atoms with Crippen molar-refractivity contribution in [3.8, 4) is 0 Å². The molecule has 6 amide bonds. The molecule has 3 N–H and O–H groups in total. The first-order valence-corrected chi connectivity index (χ1v) is 17.9. The Labute approximate surface area is 306 Å². The van der Waals surface area contributed by atoms with E-state index in [4.69, 9.17) is 5.11 Å². The van der Waals surface area contributed by atoms with Gasteiger partial charge in [0.25, 0.3) is 11.8 Å². The average molecular weight is 809 g/mol. The summed E-state index contributed by atoms with van der Waals surface area (Å²) in [5.74, 6) is -1.02. The van der Waals surface area contributed by atoms with Crippen molar-refractivity contribution < 1.29 is 33.9 Å². The molecule has 0 radical (unpaired) electrons. The van der Waals surface area contributed by atoms with E-state index in [0.717, 1.165) is 38.5 Å². The molecule has 2 spiro atoms. The predicted molar refractivity (Wildman–Crippen MR) is 191 cm³/mol. The zero-order valence-electron chi connectivity index (χ0n) is 27.6. The Morgan fingerprint density at radius 1 is 0.640 bits per heavy atom. The Morgan fingerprint density at radius 3 is 1.58 bits per heavy atom. The number of carbonyl (C=O) groups excluding carboxylic acids is 5. The third-order valence-corrected chi connectivity index (χ3v) is 11.6. The van der Waals surface area contributed by atoms with E-state index in [1.165, 1.54) is 27.7 Å². The highest BCUT2D eigenvalue weighted by Gasteiger charge is 2.53. The van der Waals surface area contributed by atoms with Gasteiger partial charge in [0.15, 0.2) is 0 Å². The van der Waals surface area contributed by atoms with Crippen molar-refractivity contribution in [2.24, 2.45) is 0 Å². The highest BCUT2D eigenvalue weighted by molar-refractivity contribution is 9.10. The molecule has 2 fully saturated rings. The smallest absolute Gasteiger partial charge is 0.335 e. The van der Waals surface area contributed by atoms with E-state index in [-0.39, 0.29) is 29.4 Å². The molecule has 3 aromatic rings. The number of hydrogen-bond acceptors (Lipinski definition) is 6. The minimum absolute atomic E-state index is 0.163. The molecule has 2 heterocycles. The van der Waals surface area contributed by atoms with Gasteiger partial charge in [-0.2, -0.15) is 0 Å². The molecule has 0 saturated carbocycles. The SMILES string of the molecule is CN1C(=O)NC(=O)C12CCc1cc(Br)ccc1C2.CN1C(=O)NC(=O)C12CCc1cc(C(=O)O)ccc1C2.O=C1CCc2cc(Br)ccc2C1. The van der Waals surface area contributed by atoms with Gasteiger partial charge in [0, 0.05) is 48.7 Å². The summed E-state index contributed by atoms with van der Waals surface area (Å²) >= 11 is 6.88. The second kappa shape index (κ2) is 13.7. The van der Waals surface area contributed by atoms with Crippen LogP contribution in [0.4, 0.5) is 9.59 Å². The summed E-state index contributed by atoms with van der Waals surface area (Å²) < 4.78 is 2.16. The molecule has 2 saturated heterocycles. The Hall–Kier alpha value is -4.36. The number of urea groups is 2. The van der Waals surface area contributed by atoms with Gasteiger partial charge >= 0.3 is 18.0 Å². The second-order valence-electron chi connectivity index (χ2n) is 13.4.